The molecule has 2 aliphatic heterocycles. The summed E-state index contributed by atoms with van der Waals surface area (Å²) >= 11 is 0. The average molecular weight is 769 g/mol. The van der Waals surface area contributed by atoms with Gasteiger partial charge in [0, 0.05) is 35.8 Å². The number of hydrogen-bond acceptors (Lipinski definition) is 8. The van der Waals surface area contributed by atoms with Crippen molar-refractivity contribution in [3.63, 3.8) is 0 Å². The van der Waals surface area contributed by atoms with Crippen LogP contribution in [0.5, 0.6) is 0 Å². The van der Waals surface area contributed by atoms with E-state index in [0.29, 0.717) is 24.3 Å². The van der Waals surface area contributed by atoms with Crippen LogP contribution in [-0.4, -0.2) is 47.5 Å². The molecule has 0 spiro atoms. The van der Waals surface area contributed by atoms with Gasteiger partial charge in [0.15, 0.2) is 6.29 Å². The maximum absolute atomic E-state index is 13.4. The number of nitrogens with zero attached hydrogens (tertiary/aromatic N) is 1. The summed E-state index contributed by atoms with van der Waals surface area (Å²) < 4.78 is 18.7. The first kappa shape index (κ1) is 37.1. The third kappa shape index (κ3) is 7.28. The van der Waals surface area contributed by atoms with E-state index in [4.69, 9.17) is 14.2 Å². The molecule has 288 valence electrons. The van der Waals surface area contributed by atoms with Crippen LogP contribution < -0.4 is 5.32 Å². The second kappa shape index (κ2) is 15.8. The molecule has 0 saturated carbocycles. The molecule has 4 atom stereocenters. The number of carbonyl (C=O) groups is 3. The number of hydrogen-bond donors (Lipinski definition) is 2. The Morgan fingerprint density at radius 3 is 2.07 bits per heavy atom. The van der Waals surface area contributed by atoms with E-state index in [1.165, 1.54) is 45.3 Å². The van der Waals surface area contributed by atoms with Gasteiger partial charge >= 0.3 is 11.9 Å². The Labute approximate surface area is 335 Å². The van der Waals surface area contributed by atoms with Crippen LogP contribution in [0.15, 0.2) is 152 Å². The zero-order valence-corrected chi connectivity index (χ0v) is 31.7. The molecule has 7 aromatic carbocycles. The number of benzene rings is 7. The SMILES string of the molecule is CN(Cc1c2ccccc2cc2ccccc12)CC1OC(c2cccc(NC(=O)c3ccc4c(c3)C(=O)OC4=O)c2)OC(c2ccc(CO)cc2)C1c1ccccc1. The summed E-state index contributed by atoms with van der Waals surface area (Å²) in [5, 5.41) is 17.6. The maximum Gasteiger partial charge on any atom is 0.346 e. The fourth-order valence-electron chi connectivity index (χ4n) is 8.28. The Hall–Kier alpha value is -6.49. The highest BCUT2D eigenvalue weighted by Gasteiger charge is 2.42. The van der Waals surface area contributed by atoms with Crippen LogP contribution in [0.1, 0.15) is 77.2 Å². The number of aliphatic hydroxyl groups is 1. The smallest absolute Gasteiger partial charge is 0.346 e. The lowest BCUT2D eigenvalue weighted by Gasteiger charge is -2.44. The number of rotatable bonds is 10. The van der Waals surface area contributed by atoms with E-state index in [9.17, 15) is 19.5 Å². The van der Waals surface area contributed by atoms with Gasteiger partial charge in [0.1, 0.15) is 0 Å². The second-order valence-corrected chi connectivity index (χ2v) is 14.9. The Balaban J connectivity index is 1.06. The van der Waals surface area contributed by atoms with Crippen LogP contribution >= 0.6 is 0 Å². The number of aliphatic hydroxyl groups excluding tert-OH is 1. The highest BCUT2D eigenvalue weighted by atomic mass is 16.7. The van der Waals surface area contributed by atoms with Crippen molar-refractivity contribution in [3.8, 4) is 0 Å². The lowest BCUT2D eigenvalue weighted by molar-refractivity contribution is -0.263. The van der Waals surface area contributed by atoms with Gasteiger partial charge in [0.2, 0.25) is 0 Å². The molecule has 2 N–H and O–H groups in total. The number of cyclic esters (lactones) is 2. The molecule has 9 rings (SSSR count). The number of likely N-dealkylation sites (N-methyl/N-ethyl adjacent to an activating group) is 1. The maximum atomic E-state index is 13.4. The molecule has 0 aromatic heterocycles. The molecule has 0 radical (unpaired) electrons. The van der Waals surface area contributed by atoms with Gasteiger partial charge in [-0.15, -0.1) is 0 Å². The number of fused-ring (bicyclic) bond motifs is 3. The number of esters is 2. The van der Waals surface area contributed by atoms with Gasteiger partial charge in [0.25, 0.3) is 5.91 Å². The molecule has 1 amide bonds. The van der Waals surface area contributed by atoms with Crippen LogP contribution in [-0.2, 0) is 27.4 Å². The molecule has 0 aliphatic carbocycles. The van der Waals surface area contributed by atoms with Crippen molar-refractivity contribution in [2.24, 2.45) is 0 Å². The van der Waals surface area contributed by atoms with Crippen LogP contribution in [0, 0.1) is 0 Å². The Bertz CT molecular complexity index is 2630. The summed E-state index contributed by atoms with van der Waals surface area (Å²) in [7, 11) is 2.13. The standard InChI is InChI=1S/C49H40N2O7/c1-51(27-42-38-16-7-5-12-33(38)24-34-13-6-8-17-39(34)42)28-43-44(31-10-3-2-4-11-31)45(32-20-18-30(29-52)19-21-32)57-49(56-43)36-14-9-15-37(25-36)50-46(53)35-22-23-40-41(26-35)48(55)58-47(40)54/h2-26,43-45,49,52H,27-29H2,1H3,(H,50,53). The molecule has 9 heteroatoms. The summed E-state index contributed by atoms with van der Waals surface area (Å²) in [5.41, 5.74) is 5.69. The van der Waals surface area contributed by atoms with E-state index in [1.807, 2.05) is 60.7 Å². The number of amides is 1. The Morgan fingerprint density at radius 2 is 1.34 bits per heavy atom. The highest BCUT2D eigenvalue weighted by Crippen LogP contribution is 2.47. The molecule has 7 aromatic rings. The average Bonchev–Trinajstić information content (AvgIpc) is 3.55. The van der Waals surface area contributed by atoms with Gasteiger partial charge in [-0.3, -0.25) is 9.69 Å². The van der Waals surface area contributed by atoms with Crippen LogP contribution in [0.25, 0.3) is 21.5 Å². The van der Waals surface area contributed by atoms with Crippen molar-refractivity contribution in [3.05, 3.63) is 196 Å². The number of nitrogens with one attached hydrogen (secondary N) is 1. The van der Waals surface area contributed by atoms with Gasteiger partial charge in [-0.2, -0.15) is 0 Å². The summed E-state index contributed by atoms with van der Waals surface area (Å²) in [6, 6.07) is 49.1. The van der Waals surface area contributed by atoms with E-state index in [0.717, 1.165) is 16.7 Å². The van der Waals surface area contributed by atoms with E-state index in [2.05, 4.69) is 84.0 Å². The largest absolute Gasteiger partial charge is 0.392 e. The third-order valence-corrected chi connectivity index (χ3v) is 11.1. The molecule has 1 saturated heterocycles. The molecular weight excluding hydrogens is 729 g/mol. The fourth-order valence-corrected chi connectivity index (χ4v) is 8.28. The molecule has 58 heavy (non-hydrogen) atoms. The van der Waals surface area contributed by atoms with Crippen LogP contribution in [0.4, 0.5) is 5.69 Å². The number of anilines is 1. The summed E-state index contributed by atoms with van der Waals surface area (Å²) in [6.07, 6.45) is -1.59. The zero-order valence-electron chi connectivity index (χ0n) is 31.7. The van der Waals surface area contributed by atoms with Crippen molar-refractivity contribution in [1.29, 1.82) is 0 Å². The van der Waals surface area contributed by atoms with E-state index in [-0.39, 0.29) is 35.3 Å². The first-order valence-corrected chi connectivity index (χ1v) is 19.3. The fraction of sp³-hybridized carbons (Fsp3) is 0.163. The molecule has 4 unspecified atom stereocenters. The van der Waals surface area contributed by atoms with Gasteiger partial charge < -0.3 is 24.6 Å². The quantitative estimate of drug-likeness (QED) is 0.0805. The predicted molar refractivity (Wildman–Crippen MR) is 221 cm³/mol. The Morgan fingerprint density at radius 1 is 0.672 bits per heavy atom. The number of carbonyl (C=O) groups excluding carboxylic acids is 3. The minimum Gasteiger partial charge on any atom is -0.392 e. The van der Waals surface area contributed by atoms with Gasteiger partial charge in [-0.05, 0) is 87.2 Å². The first-order valence-electron chi connectivity index (χ1n) is 19.3. The molecule has 0 bridgehead atoms. The third-order valence-electron chi connectivity index (χ3n) is 11.1. The molecule has 9 nitrogen and oxygen atoms in total. The summed E-state index contributed by atoms with van der Waals surface area (Å²) in [5.74, 6) is -2.16. The topological polar surface area (TPSA) is 114 Å². The first-order chi connectivity index (χ1) is 28.3. The van der Waals surface area contributed by atoms with Crippen LogP contribution in [0.3, 0.4) is 0 Å². The van der Waals surface area contributed by atoms with E-state index >= 15 is 0 Å². The summed E-state index contributed by atoms with van der Waals surface area (Å²) in [6.45, 7) is 1.19. The van der Waals surface area contributed by atoms with Gasteiger partial charge in [0.05, 0.1) is 29.9 Å². The van der Waals surface area contributed by atoms with E-state index < -0.39 is 30.2 Å². The van der Waals surface area contributed by atoms with Gasteiger partial charge in [-0.25, -0.2) is 9.59 Å². The molecule has 1 fully saturated rings. The van der Waals surface area contributed by atoms with E-state index in [1.54, 1.807) is 6.07 Å². The lowest BCUT2D eigenvalue weighted by Crippen LogP contribution is -2.43. The Kier molecular flexibility index (Phi) is 10.1. The number of ether oxygens (including phenoxy) is 3. The van der Waals surface area contributed by atoms with Crippen molar-refractivity contribution in [2.45, 2.75) is 37.6 Å². The monoisotopic (exact) mass is 768 g/mol. The van der Waals surface area contributed by atoms with Crippen molar-refractivity contribution < 1.29 is 33.7 Å². The molecule has 2 aliphatic rings. The molecule has 2 heterocycles. The summed E-state index contributed by atoms with van der Waals surface area (Å²) in [4.78, 5) is 39.9. The highest BCUT2D eigenvalue weighted by molar-refractivity contribution is 6.16. The van der Waals surface area contributed by atoms with Crippen LogP contribution in [0.2, 0.25) is 0 Å². The lowest BCUT2D eigenvalue weighted by atomic mass is 9.83. The minimum atomic E-state index is -0.808. The van der Waals surface area contributed by atoms with Crippen molar-refractivity contribution in [2.75, 3.05) is 18.9 Å². The zero-order chi connectivity index (χ0) is 39.8. The van der Waals surface area contributed by atoms with Crippen molar-refractivity contribution >= 4 is 45.1 Å². The van der Waals surface area contributed by atoms with Crippen molar-refractivity contribution in [1.82, 2.24) is 4.90 Å². The second-order valence-electron chi connectivity index (χ2n) is 14.9. The predicted octanol–water partition coefficient (Wildman–Crippen LogP) is 9.12. The minimum absolute atomic E-state index is 0.0612. The van der Waals surface area contributed by atoms with Gasteiger partial charge in [-0.1, -0.05) is 115 Å². The molecular formula is C49H40N2O7. The normalized spacial score (nSPS) is 19.0.